The second-order valence-corrected chi connectivity index (χ2v) is 10.7. The van der Waals surface area contributed by atoms with Crippen LogP contribution in [0.5, 0.6) is 0 Å². The summed E-state index contributed by atoms with van der Waals surface area (Å²) in [6.45, 7) is 6.12. The van der Waals surface area contributed by atoms with Crippen molar-refractivity contribution in [3.63, 3.8) is 0 Å². The van der Waals surface area contributed by atoms with Crippen LogP contribution >= 0.6 is 27.3 Å². The van der Waals surface area contributed by atoms with E-state index in [-0.39, 0.29) is 29.5 Å². The maximum Gasteiger partial charge on any atom is 0.296 e. The second-order valence-electron chi connectivity index (χ2n) is 8.56. The van der Waals surface area contributed by atoms with Gasteiger partial charge in [-0.1, -0.05) is 35.0 Å². The van der Waals surface area contributed by atoms with Crippen LogP contribution in [0.3, 0.4) is 0 Å². The van der Waals surface area contributed by atoms with Crippen molar-refractivity contribution in [1.82, 2.24) is 4.98 Å². The number of rotatable bonds is 2. The van der Waals surface area contributed by atoms with E-state index < -0.39 is 6.04 Å². The van der Waals surface area contributed by atoms with E-state index in [0.29, 0.717) is 16.6 Å². The molecule has 5 nitrogen and oxygen atoms in total. The molecule has 4 atom stereocenters. The van der Waals surface area contributed by atoms with Crippen molar-refractivity contribution in [3.8, 4) is 0 Å². The number of benzene rings is 1. The van der Waals surface area contributed by atoms with E-state index in [1.54, 1.807) is 4.90 Å². The predicted molar refractivity (Wildman–Crippen MR) is 119 cm³/mol. The monoisotopic (exact) mass is 486 g/mol. The van der Waals surface area contributed by atoms with Crippen molar-refractivity contribution < 1.29 is 14.3 Å². The molecule has 1 aliphatic carbocycles. The number of aromatic nitrogens is 1. The van der Waals surface area contributed by atoms with Crippen molar-refractivity contribution in [1.29, 1.82) is 0 Å². The summed E-state index contributed by atoms with van der Waals surface area (Å²) in [6.07, 6.45) is 2.46. The van der Waals surface area contributed by atoms with Gasteiger partial charge in [-0.3, -0.25) is 14.5 Å². The van der Waals surface area contributed by atoms with Gasteiger partial charge in [0, 0.05) is 9.35 Å². The molecular formula is C23H23BrN2O3S. The first kappa shape index (κ1) is 19.9. The van der Waals surface area contributed by atoms with E-state index in [1.165, 1.54) is 11.3 Å². The van der Waals surface area contributed by atoms with Crippen LogP contribution in [0.25, 0.3) is 0 Å². The molecule has 1 aromatic heterocycles. The molecule has 5 rings (SSSR count). The molecule has 1 aromatic carbocycles. The normalized spacial score (nSPS) is 28.5. The Morgan fingerprint density at radius 3 is 2.73 bits per heavy atom. The number of ketones is 1. The summed E-state index contributed by atoms with van der Waals surface area (Å²) < 4.78 is 7.15. The van der Waals surface area contributed by atoms with Gasteiger partial charge in [0.05, 0.1) is 23.2 Å². The molecule has 0 N–H and O–H groups in total. The second kappa shape index (κ2) is 7.31. The fourth-order valence-corrected chi connectivity index (χ4v) is 6.18. The number of Topliss-reactive ketones (excluding diaryl/α,β-unsaturated/α-hetero) is 1. The van der Waals surface area contributed by atoms with Gasteiger partial charge < -0.3 is 4.74 Å². The Bertz CT molecular complexity index is 1070. The number of amides is 1. The molecule has 0 bridgehead atoms. The Kier molecular flexibility index (Phi) is 4.86. The number of halogens is 1. The van der Waals surface area contributed by atoms with E-state index in [4.69, 9.17) is 4.74 Å². The van der Waals surface area contributed by atoms with Crippen LogP contribution in [0.1, 0.15) is 48.4 Å². The van der Waals surface area contributed by atoms with Crippen molar-refractivity contribution in [2.75, 3.05) is 4.90 Å². The highest BCUT2D eigenvalue weighted by Crippen LogP contribution is 2.49. The lowest BCUT2D eigenvalue weighted by atomic mass is 9.74. The van der Waals surface area contributed by atoms with Gasteiger partial charge >= 0.3 is 0 Å². The molecule has 0 spiro atoms. The lowest BCUT2D eigenvalue weighted by molar-refractivity contribution is -0.132. The Morgan fingerprint density at radius 1 is 1.23 bits per heavy atom. The minimum absolute atomic E-state index is 0.0682. The molecule has 1 fully saturated rings. The molecule has 156 valence electrons. The van der Waals surface area contributed by atoms with Gasteiger partial charge in [0.15, 0.2) is 16.7 Å². The number of carbonyl (C=O) groups excluding carboxylic acids is 2. The molecule has 3 heterocycles. The van der Waals surface area contributed by atoms with Gasteiger partial charge in [0.25, 0.3) is 5.91 Å². The van der Waals surface area contributed by atoms with Gasteiger partial charge in [-0.25, -0.2) is 4.98 Å². The highest BCUT2D eigenvalue weighted by molar-refractivity contribution is 9.10. The zero-order valence-corrected chi connectivity index (χ0v) is 19.5. The van der Waals surface area contributed by atoms with Crippen molar-refractivity contribution in [2.45, 2.75) is 52.2 Å². The van der Waals surface area contributed by atoms with Gasteiger partial charge in [0.1, 0.15) is 6.10 Å². The van der Waals surface area contributed by atoms with E-state index in [1.807, 2.05) is 38.1 Å². The third kappa shape index (κ3) is 3.05. The lowest BCUT2D eigenvalue weighted by Gasteiger charge is -2.37. The van der Waals surface area contributed by atoms with Crippen LogP contribution in [0.4, 0.5) is 5.13 Å². The number of hydrogen-bond acceptors (Lipinski definition) is 5. The first-order valence-corrected chi connectivity index (χ1v) is 11.9. The van der Waals surface area contributed by atoms with Crippen LogP contribution in [0, 0.1) is 25.7 Å². The molecule has 4 unspecified atom stereocenters. The zero-order valence-electron chi connectivity index (χ0n) is 17.1. The molecular weight excluding hydrogens is 464 g/mol. The van der Waals surface area contributed by atoms with Crippen LogP contribution in [0.2, 0.25) is 0 Å². The van der Waals surface area contributed by atoms with Crippen LogP contribution in [-0.4, -0.2) is 22.8 Å². The SMILES string of the molecule is Cc1nc(N2C(=O)C3=C(C(=O)C4CC(C)CCC4O3)C2c2cccc(Br)c2)sc1C. The molecule has 1 amide bonds. The number of thiazole rings is 1. The number of aryl methyl sites for hydroxylation is 2. The van der Waals surface area contributed by atoms with Gasteiger partial charge in [-0.05, 0) is 56.7 Å². The highest BCUT2D eigenvalue weighted by atomic mass is 79.9. The molecule has 2 aromatic rings. The number of hydrogen-bond donors (Lipinski definition) is 0. The third-order valence-electron chi connectivity index (χ3n) is 6.50. The van der Waals surface area contributed by atoms with Crippen molar-refractivity contribution in [2.24, 2.45) is 11.8 Å². The molecule has 1 saturated carbocycles. The third-order valence-corrected chi connectivity index (χ3v) is 8.06. The topological polar surface area (TPSA) is 59.5 Å². The van der Waals surface area contributed by atoms with Crippen molar-refractivity contribution >= 4 is 44.1 Å². The zero-order chi connectivity index (χ0) is 21.2. The summed E-state index contributed by atoms with van der Waals surface area (Å²) >= 11 is 5.01. The summed E-state index contributed by atoms with van der Waals surface area (Å²) in [7, 11) is 0. The first-order valence-electron chi connectivity index (χ1n) is 10.3. The Morgan fingerprint density at radius 2 is 2.03 bits per heavy atom. The minimum Gasteiger partial charge on any atom is -0.483 e. The molecule has 7 heteroatoms. The quantitative estimate of drug-likeness (QED) is 0.579. The standard InChI is InChI=1S/C23H23BrN2O3S/c1-11-7-8-17-16(9-11)20(27)18-19(14-5-4-6-15(24)10-14)26(22(28)21(18)29-17)23-25-12(2)13(3)30-23/h4-6,10-11,16-17,19H,7-9H2,1-3H3. The number of anilines is 1. The van der Waals surface area contributed by atoms with Gasteiger partial charge in [0.2, 0.25) is 0 Å². The fraction of sp³-hybridized carbons (Fsp3) is 0.435. The predicted octanol–water partition coefficient (Wildman–Crippen LogP) is 5.27. The van der Waals surface area contributed by atoms with Gasteiger partial charge in [-0.15, -0.1) is 11.3 Å². The number of carbonyl (C=O) groups is 2. The maximum atomic E-state index is 13.7. The Balaban J connectivity index is 1.66. The number of nitrogens with zero attached hydrogens (tertiary/aromatic N) is 2. The van der Waals surface area contributed by atoms with Crippen LogP contribution in [0.15, 0.2) is 40.1 Å². The summed E-state index contributed by atoms with van der Waals surface area (Å²) in [5.41, 5.74) is 2.28. The molecule has 30 heavy (non-hydrogen) atoms. The van der Waals surface area contributed by atoms with Gasteiger partial charge in [-0.2, -0.15) is 0 Å². The van der Waals surface area contributed by atoms with Crippen LogP contribution in [-0.2, 0) is 14.3 Å². The summed E-state index contributed by atoms with van der Waals surface area (Å²) in [4.78, 5) is 34.6. The smallest absolute Gasteiger partial charge is 0.296 e. The maximum absolute atomic E-state index is 13.7. The average Bonchev–Trinajstić information content (AvgIpc) is 3.19. The molecule has 2 aliphatic heterocycles. The summed E-state index contributed by atoms with van der Waals surface area (Å²) in [6, 6.07) is 7.29. The number of fused-ring (bicyclic) bond motifs is 1. The van der Waals surface area contributed by atoms with E-state index in [2.05, 4.69) is 27.8 Å². The minimum atomic E-state index is -0.513. The number of ether oxygens (including phenoxy) is 1. The molecule has 3 aliphatic rings. The van der Waals surface area contributed by atoms with Crippen molar-refractivity contribution in [3.05, 3.63) is 56.2 Å². The van der Waals surface area contributed by atoms with E-state index in [0.717, 1.165) is 39.9 Å². The van der Waals surface area contributed by atoms with E-state index in [9.17, 15) is 9.59 Å². The fourth-order valence-electron chi connectivity index (χ4n) is 4.83. The largest absolute Gasteiger partial charge is 0.483 e. The summed E-state index contributed by atoms with van der Waals surface area (Å²) in [5.74, 6) is 0.358. The van der Waals surface area contributed by atoms with E-state index >= 15 is 0 Å². The molecule has 0 saturated heterocycles. The summed E-state index contributed by atoms with van der Waals surface area (Å²) in [5, 5.41) is 0.613. The first-order chi connectivity index (χ1) is 14.3. The molecule has 0 radical (unpaired) electrons. The lowest BCUT2D eigenvalue weighted by Crippen LogP contribution is -2.41. The highest BCUT2D eigenvalue weighted by Gasteiger charge is 2.53. The Labute approximate surface area is 188 Å². The Hall–Kier alpha value is -1.99. The van der Waals surface area contributed by atoms with Crippen LogP contribution < -0.4 is 4.90 Å². The average molecular weight is 487 g/mol.